The zero-order chi connectivity index (χ0) is 11.9. The Morgan fingerprint density at radius 1 is 0.882 bits per heavy atom. The van der Waals surface area contributed by atoms with Gasteiger partial charge in [0.2, 0.25) is 0 Å². The van der Waals surface area contributed by atoms with Crippen molar-refractivity contribution in [1.82, 2.24) is 0 Å². The minimum absolute atomic E-state index is 0.500. The van der Waals surface area contributed by atoms with Gasteiger partial charge in [0.25, 0.3) is 0 Å². The van der Waals surface area contributed by atoms with Crippen LogP contribution >= 0.6 is 45.2 Å². The first-order valence-electron chi connectivity index (χ1n) is 6.52. The highest BCUT2D eigenvalue weighted by Crippen LogP contribution is 2.53. The first-order chi connectivity index (χ1) is 8.18. The van der Waals surface area contributed by atoms with E-state index >= 15 is 0 Å². The molecular weight excluding hydrogens is 434 g/mol. The lowest BCUT2D eigenvalue weighted by Crippen LogP contribution is -2.43. The average Bonchev–Trinajstić information content (AvgIpc) is 2.28. The molecule has 2 saturated carbocycles. The summed E-state index contributed by atoms with van der Waals surface area (Å²) in [6.07, 6.45) is 7.14. The molecule has 0 radical (unpaired) electrons. The number of halogens is 2. The van der Waals surface area contributed by atoms with Gasteiger partial charge in [-0.05, 0) is 49.0 Å². The molecule has 0 saturated heterocycles. The minimum atomic E-state index is 0.500. The maximum absolute atomic E-state index is 2.69. The van der Waals surface area contributed by atoms with Crippen LogP contribution < -0.4 is 0 Å². The van der Waals surface area contributed by atoms with Crippen LogP contribution in [0.15, 0.2) is 30.3 Å². The third kappa shape index (κ3) is 2.53. The summed E-state index contributed by atoms with van der Waals surface area (Å²) in [6.45, 7) is 0. The van der Waals surface area contributed by atoms with Crippen molar-refractivity contribution >= 4 is 45.2 Å². The molecule has 92 valence electrons. The van der Waals surface area contributed by atoms with Crippen molar-refractivity contribution in [3.8, 4) is 0 Å². The number of rotatable bonds is 1. The molecular formula is C15H18I2. The molecule has 0 heterocycles. The summed E-state index contributed by atoms with van der Waals surface area (Å²) >= 11 is 5.37. The quantitative estimate of drug-likeness (QED) is 0.410. The Morgan fingerprint density at radius 2 is 1.47 bits per heavy atom. The zero-order valence-electron chi connectivity index (χ0n) is 9.91. The number of hydrogen-bond acceptors (Lipinski definition) is 0. The summed E-state index contributed by atoms with van der Waals surface area (Å²) in [4.78, 5) is 0. The number of hydrogen-bond donors (Lipinski definition) is 0. The van der Waals surface area contributed by atoms with Crippen LogP contribution in [0.25, 0.3) is 0 Å². The van der Waals surface area contributed by atoms with E-state index in [9.17, 15) is 0 Å². The summed E-state index contributed by atoms with van der Waals surface area (Å²) in [6, 6.07) is 11.3. The van der Waals surface area contributed by atoms with Crippen LogP contribution in [0, 0.1) is 5.92 Å². The standard InChI is InChI=1S/C15H18I2/c16-13-6-11-7-14(17)10-15(8-11,9-13)12-4-2-1-3-5-12/h1-5,11,13-14H,6-10H2/t11?,13-,14+,15?. The Bertz CT molecular complexity index is 368. The second-order valence-corrected chi connectivity index (χ2v) is 9.31. The maximum atomic E-state index is 2.69. The molecule has 0 aliphatic heterocycles. The third-order valence-corrected chi connectivity index (χ3v) is 6.37. The van der Waals surface area contributed by atoms with Gasteiger partial charge in [-0.15, -0.1) is 0 Å². The largest absolute Gasteiger partial charge is 0.0826 e. The van der Waals surface area contributed by atoms with Crippen molar-refractivity contribution in [3.63, 3.8) is 0 Å². The van der Waals surface area contributed by atoms with Gasteiger partial charge < -0.3 is 0 Å². The van der Waals surface area contributed by atoms with E-state index in [0.717, 1.165) is 13.8 Å². The zero-order valence-corrected chi connectivity index (χ0v) is 14.2. The van der Waals surface area contributed by atoms with Crippen molar-refractivity contribution in [2.45, 2.75) is 45.4 Å². The van der Waals surface area contributed by atoms with Crippen molar-refractivity contribution < 1.29 is 0 Å². The van der Waals surface area contributed by atoms with Gasteiger partial charge in [-0.2, -0.15) is 0 Å². The summed E-state index contributed by atoms with van der Waals surface area (Å²) in [5.41, 5.74) is 2.10. The van der Waals surface area contributed by atoms with E-state index in [0.29, 0.717) is 5.41 Å². The molecule has 4 atom stereocenters. The Kier molecular flexibility index (Phi) is 3.72. The van der Waals surface area contributed by atoms with Crippen LogP contribution in [0.4, 0.5) is 0 Å². The van der Waals surface area contributed by atoms with Gasteiger partial charge in [0.1, 0.15) is 0 Å². The van der Waals surface area contributed by atoms with Crippen molar-refractivity contribution in [2.75, 3.05) is 0 Å². The molecule has 1 aromatic rings. The average molecular weight is 452 g/mol. The van der Waals surface area contributed by atoms with Gasteiger partial charge in [0.15, 0.2) is 0 Å². The van der Waals surface area contributed by atoms with Crippen LogP contribution in [-0.4, -0.2) is 7.85 Å². The fraction of sp³-hybridized carbons (Fsp3) is 0.600. The van der Waals surface area contributed by atoms with Gasteiger partial charge >= 0.3 is 0 Å². The lowest BCUT2D eigenvalue weighted by atomic mass is 9.59. The van der Waals surface area contributed by atoms with Gasteiger partial charge in [0, 0.05) is 7.85 Å². The monoisotopic (exact) mass is 452 g/mol. The van der Waals surface area contributed by atoms with Gasteiger partial charge in [-0.25, -0.2) is 0 Å². The first kappa shape index (κ1) is 12.7. The molecule has 0 nitrogen and oxygen atoms in total. The van der Waals surface area contributed by atoms with Gasteiger partial charge in [0.05, 0.1) is 0 Å². The molecule has 2 unspecified atom stereocenters. The lowest BCUT2D eigenvalue weighted by molar-refractivity contribution is 0.167. The molecule has 17 heavy (non-hydrogen) atoms. The molecule has 0 N–H and O–H groups in total. The van der Waals surface area contributed by atoms with E-state index in [1.54, 1.807) is 5.56 Å². The number of benzene rings is 1. The van der Waals surface area contributed by atoms with E-state index in [4.69, 9.17) is 0 Å². The predicted molar refractivity (Wildman–Crippen MR) is 90.3 cm³/mol. The van der Waals surface area contributed by atoms with Crippen molar-refractivity contribution in [3.05, 3.63) is 35.9 Å². The molecule has 3 rings (SSSR count). The van der Waals surface area contributed by atoms with Crippen molar-refractivity contribution in [2.24, 2.45) is 5.92 Å². The maximum Gasteiger partial charge on any atom is 0.0121 e. The van der Waals surface area contributed by atoms with Crippen LogP contribution in [-0.2, 0) is 5.41 Å². The molecule has 2 bridgehead atoms. The topological polar surface area (TPSA) is 0 Å². The highest BCUT2D eigenvalue weighted by molar-refractivity contribution is 14.1. The van der Waals surface area contributed by atoms with E-state index < -0.39 is 0 Å². The summed E-state index contributed by atoms with van der Waals surface area (Å²) in [5, 5.41) is 0. The fourth-order valence-corrected chi connectivity index (χ4v) is 7.07. The molecule has 1 aromatic carbocycles. The van der Waals surface area contributed by atoms with E-state index in [1.165, 1.54) is 32.1 Å². The molecule has 2 aliphatic rings. The Morgan fingerprint density at radius 3 is 2.06 bits per heavy atom. The summed E-state index contributed by atoms with van der Waals surface area (Å²) in [7, 11) is 0. The smallest absolute Gasteiger partial charge is 0.0121 e. The second kappa shape index (κ2) is 4.99. The summed E-state index contributed by atoms with van der Waals surface area (Å²) < 4.78 is 1.77. The minimum Gasteiger partial charge on any atom is -0.0826 e. The molecule has 2 aliphatic carbocycles. The Labute approximate surface area is 131 Å². The van der Waals surface area contributed by atoms with E-state index in [-0.39, 0.29) is 0 Å². The lowest BCUT2D eigenvalue weighted by Gasteiger charge is -2.49. The molecule has 0 spiro atoms. The number of alkyl halides is 2. The highest BCUT2D eigenvalue weighted by Gasteiger charge is 2.45. The van der Waals surface area contributed by atoms with Crippen LogP contribution in [0.5, 0.6) is 0 Å². The van der Waals surface area contributed by atoms with Crippen LogP contribution in [0.1, 0.15) is 37.7 Å². The van der Waals surface area contributed by atoms with Gasteiger partial charge in [-0.3, -0.25) is 0 Å². The third-order valence-electron chi connectivity index (χ3n) is 4.47. The molecule has 2 fully saturated rings. The van der Waals surface area contributed by atoms with Gasteiger partial charge in [-0.1, -0.05) is 75.5 Å². The highest BCUT2D eigenvalue weighted by atomic mass is 127. The van der Waals surface area contributed by atoms with Crippen LogP contribution in [0.3, 0.4) is 0 Å². The fourth-order valence-electron chi connectivity index (χ4n) is 3.95. The molecule has 0 aromatic heterocycles. The molecule has 0 amide bonds. The normalized spacial score (nSPS) is 41.2. The predicted octanol–water partition coefficient (Wildman–Crippen LogP) is 5.13. The van der Waals surface area contributed by atoms with Crippen LogP contribution in [0.2, 0.25) is 0 Å². The van der Waals surface area contributed by atoms with E-state index in [2.05, 4.69) is 75.5 Å². The summed E-state index contributed by atoms with van der Waals surface area (Å²) in [5.74, 6) is 0.974. The first-order valence-corrected chi connectivity index (χ1v) is 9.01. The SMILES string of the molecule is I[C@@H]1CC2C[C@H](I)CC(c3ccccc3)(C2)C1. The van der Waals surface area contributed by atoms with E-state index in [1.807, 2.05) is 0 Å². The number of fused-ring (bicyclic) bond motifs is 2. The second-order valence-electron chi connectivity index (χ2n) is 5.79. The Balaban J connectivity index is 1.97. The Hall–Kier alpha value is 0.680. The molecule has 2 heteroatoms. The van der Waals surface area contributed by atoms with Crippen molar-refractivity contribution in [1.29, 1.82) is 0 Å².